The molecular weight excluding hydrogens is 1310 g/mol. The van der Waals surface area contributed by atoms with Gasteiger partial charge in [-0.2, -0.15) is 0 Å². The van der Waals surface area contributed by atoms with Crippen LogP contribution in [0.15, 0.2) is 55.0 Å². The van der Waals surface area contributed by atoms with Crippen LogP contribution in [-0.4, -0.2) is 190 Å². The topological polar surface area (TPSA) is 541 Å². The van der Waals surface area contributed by atoms with Gasteiger partial charge in [0.15, 0.2) is 57.5 Å². The Hall–Kier alpha value is -8.85. The highest BCUT2D eigenvalue weighted by Crippen LogP contribution is 2.39. The van der Waals surface area contributed by atoms with E-state index >= 15 is 0 Å². The second-order valence-electron chi connectivity index (χ2n) is 23.7. The van der Waals surface area contributed by atoms with Gasteiger partial charge in [-0.15, -0.1) is 0 Å². The van der Waals surface area contributed by atoms with E-state index in [9.17, 15) is 33.6 Å². The number of rotatable bonds is 47. The van der Waals surface area contributed by atoms with Crippen LogP contribution in [-0.2, 0) is 101 Å². The quantitative estimate of drug-likeness (QED) is 0.0111. The van der Waals surface area contributed by atoms with E-state index in [-0.39, 0.29) is 143 Å². The Morgan fingerprint density at radius 1 is 0.490 bits per heavy atom. The molecule has 1 aromatic carbocycles. The summed E-state index contributed by atoms with van der Waals surface area (Å²) in [5.74, 6) is -5.95. The van der Waals surface area contributed by atoms with Crippen molar-refractivity contribution in [3.05, 3.63) is 92.5 Å². The lowest BCUT2D eigenvalue weighted by Gasteiger charge is -2.46. The van der Waals surface area contributed by atoms with Crippen molar-refractivity contribution in [3.63, 3.8) is 0 Å². The highest BCUT2D eigenvalue weighted by atomic mass is 28.4. The number of esters is 7. The van der Waals surface area contributed by atoms with Crippen molar-refractivity contribution >= 4 is 50.1 Å². The van der Waals surface area contributed by atoms with Crippen molar-refractivity contribution in [3.8, 4) is 5.75 Å². The van der Waals surface area contributed by atoms with Gasteiger partial charge in [-0.3, -0.25) is 33.6 Å². The molecule has 3 rings (SSSR count). The molecule has 540 valence electrons. The third kappa shape index (κ3) is 32.0. The number of hydrogen-bond acceptors (Lipinski definition) is 27. The fourth-order valence-electron chi connectivity index (χ4n) is 9.06. The second kappa shape index (κ2) is 46.4. The highest BCUT2D eigenvalue weighted by Gasteiger charge is 2.56. The number of carbonyl (C=O) groups is 7. The first-order valence-corrected chi connectivity index (χ1v) is 34.7. The largest absolute Gasteiger partial charge is 0.497 e. The minimum absolute atomic E-state index is 0.000905. The minimum atomic E-state index is -2.71. The van der Waals surface area contributed by atoms with Gasteiger partial charge in [0.25, 0.3) is 0 Å². The first kappa shape index (κ1) is 83.4. The Balaban J connectivity index is 2.17. The van der Waals surface area contributed by atoms with Crippen LogP contribution in [0.1, 0.15) is 130 Å². The Morgan fingerprint density at radius 3 is 1.17 bits per heavy atom. The van der Waals surface area contributed by atoms with Gasteiger partial charge in [0.05, 0.1) is 39.0 Å². The molecule has 0 amide bonds. The lowest BCUT2D eigenvalue weighted by Crippen LogP contribution is -2.64. The van der Waals surface area contributed by atoms with Gasteiger partial charge in [-0.05, 0) is 128 Å². The van der Waals surface area contributed by atoms with Crippen molar-refractivity contribution in [1.29, 1.82) is 0 Å². The van der Waals surface area contributed by atoms with Gasteiger partial charge in [0, 0.05) is 114 Å². The van der Waals surface area contributed by atoms with Gasteiger partial charge in [0.1, 0.15) is 24.6 Å². The maximum Gasteiger partial charge on any atom is 0.308 e. The number of methoxy groups -OCH3 is 1. The maximum absolute atomic E-state index is 14.3. The minimum Gasteiger partial charge on any atom is -0.497 e. The zero-order valence-electron chi connectivity index (χ0n) is 56.3. The van der Waals surface area contributed by atoms with Crippen LogP contribution in [0.3, 0.4) is 0 Å². The van der Waals surface area contributed by atoms with Crippen molar-refractivity contribution < 1.29 is 99.6 Å². The Morgan fingerprint density at radius 2 is 0.827 bits per heavy atom. The van der Waals surface area contributed by atoms with E-state index in [1.54, 1.807) is 19.1 Å². The predicted molar refractivity (Wildman–Crippen MR) is 343 cm³/mol. The summed E-state index contributed by atoms with van der Waals surface area (Å²) in [5.41, 5.74) is 54.2. The van der Waals surface area contributed by atoms with E-state index in [1.165, 1.54) is 14.0 Å². The first-order chi connectivity index (χ1) is 46.9. The fraction of sp³-hybridized carbons (Fsp3) is 0.776. The number of carbonyl (C=O) groups excluding carboxylic acids is 7. The third-order valence-corrected chi connectivity index (χ3v) is 19.6. The Kier molecular flexibility index (Phi) is 39.5. The summed E-state index contributed by atoms with van der Waals surface area (Å²) in [5, 5.41) is 20.4. The molecule has 0 radical (unpaired) electrons. The van der Waals surface area contributed by atoms with Gasteiger partial charge in [-0.1, -0.05) is 63.6 Å². The van der Waals surface area contributed by atoms with Crippen molar-refractivity contribution in [2.24, 2.45) is 30.7 Å². The SMILES string of the molecule is COc1ccc(COCC[C@H](C)O[C@@H]2O[C@H](COC(=O)C[C@H](C)O[C@@H]3O[C@H](CO[Si](C)(C)C(C)(C)C)[C@@H](OC(=O)CCCN=[N+]=[N-])[C@H](OC(=O)CCCN=[N+]=[N-])[C@H]3OC(=O)CCCN=[N+]=[N-])[C@@H](OC(=O)CCCN=[N+]=[N-])[C@H](OC(=O)CCCN=[N+]=[N-])[C@H]2OC(=O)CCCN=[N+]=[N-])cc1. The van der Waals surface area contributed by atoms with Crippen LogP contribution in [0, 0.1) is 0 Å². The van der Waals surface area contributed by atoms with E-state index in [0.717, 1.165) is 5.56 Å². The lowest BCUT2D eigenvalue weighted by molar-refractivity contribution is -0.318. The molecule has 1 aromatic rings. The molecule has 2 aliphatic rings. The fourth-order valence-corrected chi connectivity index (χ4v) is 10.1. The summed E-state index contributed by atoms with van der Waals surface area (Å²) < 4.78 is 85.4. The second-order valence-corrected chi connectivity index (χ2v) is 28.5. The van der Waals surface area contributed by atoms with E-state index in [2.05, 4.69) is 60.2 Å². The summed E-state index contributed by atoms with van der Waals surface area (Å²) in [7, 11) is -1.17. The molecule has 0 spiro atoms. The van der Waals surface area contributed by atoms with E-state index in [1.807, 2.05) is 46.0 Å². The molecule has 12 atom stereocenters. The van der Waals surface area contributed by atoms with Crippen molar-refractivity contribution in [2.75, 3.05) is 66.2 Å². The van der Waals surface area contributed by atoms with Crippen LogP contribution in [0.2, 0.25) is 18.1 Å². The van der Waals surface area contributed by atoms with E-state index in [0.29, 0.717) is 5.75 Å². The number of benzene rings is 1. The number of hydrogen-bond donors (Lipinski definition) is 0. The Bertz CT molecular complexity index is 3020. The third-order valence-electron chi connectivity index (χ3n) is 15.1. The Labute approximate surface area is 565 Å². The summed E-state index contributed by atoms with van der Waals surface area (Å²) in [6, 6.07) is 7.18. The van der Waals surface area contributed by atoms with Gasteiger partial charge in [-0.25, -0.2) is 0 Å². The molecule has 0 bridgehead atoms. The highest BCUT2D eigenvalue weighted by molar-refractivity contribution is 6.74. The molecule has 0 aliphatic carbocycles. The number of nitrogens with zero attached hydrogens (tertiary/aromatic N) is 18. The molecular formula is C58H88N18O21Si. The predicted octanol–water partition coefficient (Wildman–Crippen LogP) is 10.8. The van der Waals surface area contributed by atoms with Gasteiger partial charge < -0.3 is 66.0 Å². The van der Waals surface area contributed by atoms with Crippen LogP contribution in [0.25, 0.3) is 62.7 Å². The zero-order chi connectivity index (χ0) is 72.3. The maximum atomic E-state index is 14.3. The van der Waals surface area contributed by atoms with Crippen LogP contribution < -0.4 is 4.74 Å². The molecule has 0 aromatic heterocycles. The summed E-state index contributed by atoms with van der Waals surface area (Å²) in [6.07, 6.45) is -21.5. The first-order valence-electron chi connectivity index (χ1n) is 31.8. The average molecular weight is 1400 g/mol. The van der Waals surface area contributed by atoms with Crippen LogP contribution in [0.4, 0.5) is 0 Å². The standard InChI is InChI=1S/C58H88N18O21Si/c1-37(25-32-85-34-39-21-23-40(84-6)24-22-39)88-56-54(96-47(81)19-13-30-69-75-63)52(94-45(79)17-11-28-67-73-61)50(92-43(77)15-9-26-65-71-59)41(90-56)35-86-49(83)33-38(2)89-57-55(97-48(82)20-14-31-70-76-64)53(95-46(80)18-12-29-68-74-62)51(93-44(78)16-10-27-66-72-60)42(91-57)36-87-98(7,8)58(3,4)5/h21-24,37-38,41-42,50-57H,9-20,25-36H2,1-8H3/t37-,38-,41+,42+,50+,51+,52-,53-,54+,55+,56+,57+/m0/s1. The smallest absolute Gasteiger partial charge is 0.308 e. The molecule has 2 heterocycles. The molecule has 2 saturated heterocycles. The average Bonchev–Trinajstić information content (AvgIpc) is 0.787. The summed E-state index contributed by atoms with van der Waals surface area (Å²) in [6.45, 7) is 11.3. The van der Waals surface area contributed by atoms with Crippen LogP contribution >= 0.6 is 0 Å². The van der Waals surface area contributed by atoms with Crippen LogP contribution in [0.5, 0.6) is 5.75 Å². The summed E-state index contributed by atoms with van der Waals surface area (Å²) in [4.78, 5) is 113. The number of azide groups is 6. The summed E-state index contributed by atoms with van der Waals surface area (Å²) >= 11 is 0. The lowest BCUT2D eigenvalue weighted by atomic mass is 9.97. The zero-order valence-corrected chi connectivity index (χ0v) is 57.3. The molecule has 2 aliphatic heterocycles. The molecule has 0 saturated carbocycles. The van der Waals surface area contributed by atoms with Gasteiger partial charge in [0.2, 0.25) is 0 Å². The molecule has 2 fully saturated rings. The molecule has 0 N–H and O–H groups in total. The van der Waals surface area contributed by atoms with E-state index in [4.69, 9.17) is 99.2 Å². The van der Waals surface area contributed by atoms with Crippen molar-refractivity contribution in [2.45, 2.75) is 223 Å². The van der Waals surface area contributed by atoms with E-state index < -0.39 is 142 Å². The molecule has 0 unspecified atom stereocenters. The normalized spacial score (nSPS) is 20.9. The molecule has 98 heavy (non-hydrogen) atoms. The number of ether oxygens (including phenoxy) is 13. The monoisotopic (exact) mass is 1400 g/mol. The van der Waals surface area contributed by atoms with Crippen molar-refractivity contribution in [1.82, 2.24) is 0 Å². The molecule has 40 heteroatoms. The van der Waals surface area contributed by atoms with Gasteiger partial charge >= 0.3 is 41.8 Å². The molecule has 39 nitrogen and oxygen atoms in total.